The number of carbonyl (C=O) groups is 1. The molecule has 0 aromatic heterocycles. The number of fused-ring (bicyclic) bond motifs is 1. The third-order valence-electron chi connectivity index (χ3n) is 4.30. The molecule has 1 unspecified atom stereocenters. The zero-order valence-corrected chi connectivity index (χ0v) is 16.0. The molecule has 1 heterocycles. The molecular formula is C19H22N2O5S. The molecule has 144 valence electrons. The van der Waals surface area contributed by atoms with Crippen molar-refractivity contribution in [3.05, 3.63) is 54.1 Å². The van der Waals surface area contributed by atoms with Crippen LogP contribution in [-0.2, 0) is 21.2 Å². The number of amides is 1. The van der Waals surface area contributed by atoms with E-state index in [2.05, 4.69) is 5.32 Å². The lowest BCUT2D eigenvalue weighted by Crippen LogP contribution is -2.50. The number of hydrogen-bond donors (Lipinski definition) is 1. The van der Waals surface area contributed by atoms with E-state index in [0.29, 0.717) is 24.4 Å². The van der Waals surface area contributed by atoms with Crippen molar-refractivity contribution < 1.29 is 22.7 Å². The summed E-state index contributed by atoms with van der Waals surface area (Å²) in [6, 6.07) is 14.4. The van der Waals surface area contributed by atoms with Gasteiger partial charge in [-0.15, -0.1) is 0 Å². The fourth-order valence-corrected chi connectivity index (χ4v) is 3.80. The number of para-hydroxylation sites is 2. The summed E-state index contributed by atoms with van der Waals surface area (Å²) in [4.78, 5) is 12.5. The maximum atomic E-state index is 12.5. The number of sulfonamides is 1. The number of rotatable bonds is 6. The second kappa shape index (κ2) is 7.87. The molecule has 8 heteroatoms. The van der Waals surface area contributed by atoms with Crippen molar-refractivity contribution in [1.82, 2.24) is 5.32 Å². The third-order valence-corrected chi connectivity index (χ3v) is 5.45. The smallest absolute Gasteiger partial charge is 0.263 e. The second-order valence-electron chi connectivity index (χ2n) is 6.26. The van der Waals surface area contributed by atoms with Crippen LogP contribution in [0.1, 0.15) is 5.56 Å². The molecule has 1 atom stereocenters. The van der Waals surface area contributed by atoms with Crippen LogP contribution in [0.3, 0.4) is 0 Å². The van der Waals surface area contributed by atoms with Gasteiger partial charge in [0.15, 0.2) is 6.10 Å². The molecule has 7 nitrogen and oxygen atoms in total. The lowest BCUT2D eigenvalue weighted by Gasteiger charge is -2.33. The Hall–Kier alpha value is -2.74. The average Bonchev–Trinajstić information content (AvgIpc) is 2.66. The Balaban J connectivity index is 1.63. The highest BCUT2D eigenvalue weighted by Gasteiger charge is 2.34. The van der Waals surface area contributed by atoms with Crippen LogP contribution in [0.15, 0.2) is 48.5 Å². The molecule has 0 aliphatic carbocycles. The number of ether oxygens (including phenoxy) is 2. The van der Waals surface area contributed by atoms with Gasteiger partial charge in [-0.3, -0.25) is 9.10 Å². The van der Waals surface area contributed by atoms with Gasteiger partial charge in [0.2, 0.25) is 10.0 Å². The lowest BCUT2D eigenvalue weighted by atomic mass is 10.1. The molecule has 0 radical (unpaired) electrons. The summed E-state index contributed by atoms with van der Waals surface area (Å²) in [7, 11) is -1.91. The fourth-order valence-electron chi connectivity index (χ4n) is 2.89. The van der Waals surface area contributed by atoms with Gasteiger partial charge in [-0.25, -0.2) is 8.42 Å². The summed E-state index contributed by atoms with van der Waals surface area (Å²) < 4.78 is 36.2. The first-order valence-corrected chi connectivity index (χ1v) is 10.4. The van der Waals surface area contributed by atoms with Gasteiger partial charge in [0.05, 0.1) is 25.6 Å². The van der Waals surface area contributed by atoms with Gasteiger partial charge in [0, 0.05) is 6.54 Å². The van der Waals surface area contributed by atoms with E-state index in [9.17, 15) is 13.2 Å². The monoisotopic (exact) mass is 390 g/mol. The Bertz CT molecular complexity index is 912. The predicted octanol–water partition coefficient (Wildman–Crippen LogP) is 1.58. The number of anilines is 1. The minimum absolute atomic E-state index is 0.0514. The molecule has 0 spiro atoms. The maximum absolute atomic E-state index is 12.5. The van der Waals surface area contributed by atoms with Crippen molar-refractivity contribution in [3.8, 4) is 11.5 Å². The number of hydrogen-bond acceptors (Lipinski definition) is 5. The van der Waals surface area contributed by atoms with Crippen molar-refractivity contribution in [3.63, 3.8) is 0 Å². The van der Waals surface area contributed by atoms with Crippen LogP contribution in [0.2, 0.25) is 0 Å². The molecule has 2 aromatic carbocycles. The van der Waals surface area contributed by atoms with Crippen LogP contribution in [0.25, 0.3) is 0 Å². The van der Waals surface area contributed by atoms with E-state index in [0.717, 1.165) is 17.6 Å². The van der Waals surface area contributed by atoms with Crippen LogP contribution in [0, 0.1) is 0 Å². The van der Waals surface area contributed by atoms with E-state index in [4.69, 9.17) is 9.47 Å². The SMILES string of the molecule is COc1ccc(CCNC(=O)C2CN(S(C)(=O)=O)c3ccccc3O2)cc1. The van der Waals surface area contributed by atoms with Crippen molar-refractivity contribution in [1.29, 1.82) is 0 Å². The molecule has 2 aromatic rings. The molecule has 1 amide bonds. The topological polar surface area (TPSA) is 84.9 Å². The first-order chi connectivity index (χ1) is 12.9. The molecule has 1 aliphatic heterocycles. The fraction of sp³-hybridized carbons (Fsp3) is 0.316. The Morgan fingerprint density at radius 2 is 1.93 bits per heavy atom. The Morgan fingerprint density at radius 1 is 1.22 bits per heavy atom. The van der Waals surface area contributed by atoms with Gasteiger partial charge in [0.25, 0.3) is 5.91 Å². The van der Waals surface area contributed by atoms with Crippen molar-refractivity contribution in [2.75, 3.05) is 30.8 Å². The number of nitrogens with zero attached hydrogens (tertiary/aromatic N) is 1. The summed E-state index contributed by atoms with van der Waals surface area (Å²) in [5.41, 5.74) is 1.51. The van der Waals surface area contributed by atoms with Gasteiger partial charge in [-0.2, -0.15) is 0 Å². The Kier molecular flexibility index (Phi) is 5.55. The predicted molar refractivity (Wildman–Crippen MR) is 103 cm³/mol. The third kappa shape index (κ3) is 4.51. The van der Waals surface area contributed by atoms with Crippen LogP contribution >= 0.6 is 0 Å². The van der Waals surface area contributed by atoms with Crippen molar-refractivity contribution in [2.45, 2.75) is 12.5 Å². The summed E-state index contributed by atoms with van der Waals surface area (Å²) in [6.45, 7) is 0.371. The number of methoxy groups -OCH3 is 1. The van der Waals surface area contributed by atoms with Crippen LogP contribution in [-0.4, -0.2) is 46.9 Å². The second-order valence-corrected chi connectivity index (χ2v) is 8.16. The zero-order valence-electron chi connectivity index (χ0n) is 15.2. The normalized spacial score (nSPS) is 16.2. The van der Waals surface area contributed by atoms with Crippen molar-refractivity contribution >= 4 is 21.6 Å². The summed E-state index contributed by atoms with van der Waals surface area (Å²) >= 11 is 0. The van der Waals surface area contributed by atoms with Gasteiger partial charge < -0.3 is 14.8 Å². The number of benzene rings is 2. The minimum atomic E-state index is -3.51. The van der Waals surface area contributed by atoms with Crippen LogP contribution in [0.5, 0.6) is 11.5 Å². The summed E-state index contributed by atoms with van der Waals surface area (Å²) in [6.07, 6.45) is 0.869. The van der Waals surface area contributed by atoms with Crippen molar-refractivity contribution in [2.24, 2.45) is 0 Å². The highest BCUT2D eigenvalue weighted by atomic mass is 32.2. The first-order valence-electron chi connectivity index (χ1n) is 8.52. The van der Waals surface area contributed by atoms with Gasteiger partial charge in [-0.1, -0.05) is 24.3 Å². The quantitative estimate of drug-likeness (QED) is 0.810. The Labute approximate surface area is 158 Å². The van der Waals surface area contributed by atoms with E-state index >= 15 is 0 Å². The molecule has 1 N–H and O–H groups in total. The highest BCUT2D eigenvalue weighted by molar-refractivity contribution is 7.92. The lowest BCUT2D eigenvalue weighted by molar-refractivity contribution is -0.127. The largest absolute Gasteiger partial charge is 0.497 e. The molecule has 3 rings (SSSR count). The zero-order chi connectivity index (χ0) is 19.4. The Morgan fingerprint density at radius 3 is 2.59 bits per heavy atom. The van der Waals surface area contributed by atoms with E-state index in [1.807, 2.05) is 24.3 Å². The average molecular weight is 390 g/mol. The van der Waals surface area contributed by atoms with E-state index in [1.165, 1.54) is 4.31 Å². The van der Waals surface area contributed by atoms with Gasteiger partial charge in [0.1, 0.15) is 11.5 Å². The van der Waals surface area contributed by atoms with E-state index < -0.39 is 16.1 Å². The van der Waals surface area contributed by atoms with E-state index in [-0.39, 0.29) is 12.5 Å². The maximum Gasteiger partial charge on any atom is 0.263 e. The molecule has 0 fully saturated rings. The highest BCUT2D eigenvalue weighted by Crippen LogP contribution is 2.34. The molecular weight excluding hydrogens is 368 g/mol. The van der Waals surface area contributed by atoms with E-state index in [1.54, 1.807) is 31.4 Å². The molecule has 1 aliphatic rings. The minimum Gasteiger partial charge on any atom is -0.497 e. The van der Waals surface area contributed by atoms with Gasteiger partial charge in [-0.05, 0) is 36.2 Å². The summed E-state index contributed by atoms with van der Waals surface area (Å²) in [5, 5.41) is 2.82. The number of nitrogens with one attached hydrogen (secondary N) is 1. The first kappa shape index (κ1) is 19.0. The van der Waals surface area contributed by atoms with Crippen LogP contribution in [0.4, 0.5) is 5.69 Å². The standard InChI is InChI=1S/C19H22N2O5S/c1-25-15-9-7-14(8-10-15)11-12-20-19(22)18-13-21(27(2,23)24)16-5-3-4-6-17(16)26-18/h3-10,18H,11-13H2,1-2H3,(H,20,22). The molecule has 27 heavy (non-hydrogen) atoms. The van der Waals surface area contributed by atoms with Crippen LogP contribution < -0.4 is 19.1 Å². The molecule has 0 saturated heterocycles. The molecule has 0 saturated carbocycles. The summed E-state index contributed by atoms with van der Waals surface area (Å²) in [5.74, 6) is 0.814. The van der Waals surface area contributed by atoms with Gasteiger partial charge >= 0.3 is 0 Å². The molecule has 0 bridgehead atoms. The number of carbonyl (C=O) groups excluding carboxylic acids is 1.